The summed E-state index contributed by atoms with van der Waals surface area (Å²) in [6, 6.07) is 18.6. The molecule has 0 saturated carbocycles. The molecule has 0 N–H and O–H groups in total. The maximum atomic E-state index is 5.84. The third-order valence-electron chi connectivity index (χ3n) is 4.88. The topological polar surface area (TPSA) is 24.9 Å². The zero-order chi connectivity index (χ0) is 18.0. The number of rotatable bonds is 8. The number of ether oxygens (including phenoxy) is 2. The molecule has 0 atom stereocenters. The number of methoxy groups -OCH3 is 1. The van der Waals surface area contributed by atoms with E-state index >= 15 is 0 Å². The van der Waals surface area contributed by atoms with Crippen LogP contribution in [0.5, 0.6) is 11.5 Å². The van der Waals surface area contributed by atoms with Crippen LogP contribution in [-0.4, -0.2) is 56.2 Å². The minimum Gasteiger partial charge on any atom is -0.497 e. The van der Waals surface area contributed by atoms with Gasteiger partial charge in [-0.15, -0.1) is 0 Å². The van der Waals surface area contributed by atoms with E-state index in [1.165, 1.54) is 25.1 Å². The number of hydrogen-bond acceptors (Lipinski definition) is 4. The molecular weight excluding hydrogens is 324 g/mol. The highest BCUT2D eigenvalue weighted by Gasteiger charge is 2.14. The number of nitrogens with zero attached hydrogens (tertiary/aromatic N) is 2. The molecule has 3 rings (SSSR count). The van der Waals surface area contributed by atoms with Crippen LogP contribution in [0.25, 0.3) is 0 Å². The van der Waals surface area contributed by atoms with Crippen molar-refractivity contribution < 1.29 is 9.47 Å². The van der Waals surface area contributed by atoms with Crippen molar-refractivity contribution in [3.63, 3.8) is 0 Å². The lowest BCUT2D eigenvalue weighted by molar-refractivity contribution is 0.229. The third kappa shape index (κ3) is 6.04. The average molecular weight is 354 g/mol. The Hall–Kier alpha value is -2.04. The summed E-state index contributed by atoms with van der Waals surface area (Å²) >= 11 is 0. The normalized spacial score (nSPS) is 16.2. The van der Waals surface area contributed by atoms with E-state index in [4.69, 9.17) is 9.47 Å². The van der Waals surface area contributed by atoms with Gasteiger partial charge >= 0.3 is 0 Å². The standard InChI is InChI=1S/C22H30N2O2/c1-25-21-9-11-22(12-10-21)26-18-6-15-23-13-5-14-24(17-16-23)19-20-7-3-2-4-8-20/h2-4,7-12H,5-6,13-19H2,1H3. The average Bonchev–Trinajstić information content (AvgIpc) is 2.92. The van der Waals surface area contributed by atoms with Gasteiger partial charge in [-0.1, -0.05) is 30.3 Å². The van der Waals surface area contributed by atoms with Gasteiger partial charge in [0.1, 0.15) is 11.5 Å². The lowest BCUT2D eigenvalue weighted by Gasteiger charge is -2.22. The monoisotopic (exact) mass is 354 g/mol. The van der Waals surface area contributed by atoms with Gasteiger partial charge in [-0.25, -0.2) is 0 Å². The Morgan fingerprint density at radius 3 is 2.27 bits per heavy atom. The van der Waals surface area contributed by atoms with E-state index in [0.717, 1.165) is 50.7 Å². The first-order valence-electron chi connectivity index (χ1n) is 9.59. The van der Waals surface area contributed by atoms with Gasteiger partial charge in [0.25, 0.3) is 0 Å². The maximum Gasteiger partial charge on any atom is 0.119 e. The van der Waals surface area contributed by atoms with Crippen molar-refractivity contribution in [3.05, 3.63) is 60.2 Å². The zero-order valence-electron chi connectivity index (χ0n) is 15.8. The molecule has 0 aliphatic carbocycles. The van der Waals surface area contributed by atoms with E-state index in [9.17, 15) is 0 Å². The fraction of sp³-hybridized carbons (Fsp3) is 0.455. The summed E-state index contributed by atoms with van der Waals surface area (Å²) in [5.41, 5.74) is 1.41. The second kappa shape index (κ2) is 10.2. The molecule has 1 aliphatic rings. The predicted molar refractivity (Wildman–Crippen MR) is 106 cm³/mol. The molecule has 0 radical (unpaired) electrons. The summed E-state index contributed by atoms with van der Waals surface area (Å²) in [5.74, 6) is 1.78. The van der Waals surface area contributed by atoms with Crippen LogP contribution in [-0.2, 0) is 6.54 Å². The Balaban J connectivity index is 1.34. The Morgan fingerprint density at radius 2 is 1.50 bits per heavy atom. The highest BCUT2D eigenvalue weighted by atomic mass is 16.5. The molecule has 4 nitrogen and oxygen atoms in total. The van der Waals surface area contributed by atoms with Gasteiger partial charge in [-0.2, -0.15) is 0 Å². The van der Waals surface area contributed by atoms with E-state index < -0.39 is 0 Å². The summed E-state index contributed by atoms with van der Waals surface area (Å²) in [6.07, 6.45) is 2.30. The van der Waals surface area contributed by atoms with E-state index in [1.807, 2.05) is 24.3 Å². The molecule has 0 unspecified atom stereocenters. The van der Waals surface area contributed by atoms with Crippen LogP contribution in [0.3, 0.4) is 0 Å². The zero-order valence-corrected chi connectivity index (χ0v) is 15.8. The highest BCUT2D eigenvalue weighted by molar-refractivity contribution is 5.31. The molecule has 26 heavy (non-hydrogen) atoms. The lowest BCUT2D eigenvalue weighted by atomic mass is 10.2. The maximum absolute atomic E-state index is 5.84. The smallest absolute Gasteiger partial charge is 0.119 e. The quantitative estimate of drug-likeness (QED) is 0.675. The van der Waals surface area contributed by atoms with E-state index in [-0.39, 0.29) is 0 Å². The van der Waals surface area contributed by atoms with Crippen LogP contribution in [0.2, 0.25) is 0 Å². The van der Waals surface area contributed by atoms with Crippen LogP contribution in [0.15, 0.2) is 54.6 Å². The van der Waals surface area contributed by atoms with Crippen molar-refractivity contribution in [2.75, 3.05) is 46.4 Å². The van der Waals surface area contributed by atoms with Gasteiger partial charge in [-0.05, 0) is 55.8 Å². The van der Waals surface area contributed by atoms with Gasteiger partial charge in [0, 0.05) is 26.2 Å². The van der Waals surface area contributed by atoms with Crippen LogP contribution in [0.1, 0.15) is 18.4 Å². The molecule has 2 aromatic rings. The molecule has 0 spiro atoms. The number of benzene rings is 2. The van der Waals surface area contributed by atoms with Crippen LogP contribution < -0.4 is 9.47 Å². The van der Waals surface area contributed by atoms with Crippen molar-refractivity contribution in [1.82, 2.24) is 9.80 Å². The van der Waals surface area contributed by atoms with Crippen LogP contribution in [0, 0.1) is 0 Å². The molecule has 1 aliphatic heterocycles. The molecule has 1 heterocycles. The SMILES string of the molecule is COc1ccc(OCCCN2CCCN(Cc3ccccc3)CC2)cc1. The van der Waals surface area contributed by atoms with Crippen LogP contribution in [0.4, 0.5) is 0 Å². The second-order valence-corrected chi connectivity index (χ2v) is 6.83. The summed E-state index contributed by atoms with van der Waals surface area (Å²) < 4.78 is 11.0. The van der Waals surface area contributed by atoms with Gasteiger partial charge in [-0.3, -0.25) is 4.90 Å². The molecule has 140 valence electrons. The summed E-state index contributed by atoms with van der Waals surface area (Å²) in [6.45, 7) is 7.60. The Morgan fingerprint density at radius 1 is 0.808 bits per heavy atom. The molecule has 0 aromatic heterocycles. The van der Waals surface area contributed by atoms with Gasteiger partial charge in [0.05, 0.1) is 13.7 Å². The molecule has 1 fully saturated rings. The van der Waals surface area contributed by atoms with Crippen molar-refractivity contribution in [2.45, 2.75) is 19.4 Å². The largest absolute Gasteiger partial charge is 0.497 e. The van der Waals surface area contributed by atoms with Crippen molar-refractivity contribution in [1.29, 1.82) is 0 Å². The Kier molecular flexibility index (Phi) is 7.35. The minimum absolute atomic E-state index is 0.760. The minimum atomic E-state index is 0.760. The summed E-state index contributed by atoms with van der Waals surface area (Å²) in [4.78, 5) is 5.14. The van der Waals surface area contributed by atoms with Crippen LogP contribution >= 0.6 is 0 Å². The Labute approximate surface area is 157 Å². The second-order valence-electron chi connectivity index (χ2n) is 6.83. The summed E-state index contributed by atoms with van der Waals surface area (Å²) in [7, 11) is 1.68. The molecular formula is C22H30N2O2. The first-order chi connectivity index (χ1) is 12.8. The fourth-order valence-corrected chi connectivity index (χ4v) is 3.40. The highest BCUT2D eigenvalue weighted by Crippen LogP contribution is 2.17. The van der Waals surface area contributed by atoms with Crippen molar-refractivity contribution >= 4 is 0 Å². The first kappa shape index (κ1) is 18.7. The van der Waals surface area contributed by atoms with Gasteiger partial charge < -0.3 is 14.4 Å². The van der Waals surface area contributed by atoms with Gasteiger partial charge in [0.2, 0.25) is 0 Å². The first-order valence-corrected chi connectivity index (χ1v) is 9.59. The molecule has 0 bridgehead atoms. The molecule has 2 aromatic carbocycles. The van der Waals surface area contributed by atoms with Gasteiger partial charge in [0.15, 0.2) is 0 Å². The van der Waals surface area contributed by atoms with E-state index in [0.29, 0.717) is 0 Å². The molecule has 4 heteroatoms. The molecule has 0 amide bonds. The Bertz CT molecular complexity index is 630. The van der Waals surface area contributed by atoms with E-state index in [1.54, 1.807) is 7.11 Å². The lowest BCUT2D eigenvalue weighted by Crippen LogP contribution is -2.31. The van der Waals surface area contributed by atoms with Crippen molar-refractivity contribution in [3.8, 4) is 11.5 Å². The summed E-state index contributed by atoms with van der Waals surface area (Å²) in [5, 5.41) is 0. The molecule has 1 saturated heterocycles. The predicted octanol–water partition coefficient (Wildman–Crippen LogP) is 3.67. The number of hydrogen-bond donors (Lipinski definition) is 0. The van der Waals surface area contributed by atoms with Crippen molar-refractivity contribution in [2.24, 2.45) is 0 Å². The fourth-order valence-electron chi connectivity index (χ4n) is 3.40. The third-order valence-corrected chi connectivity index (χ3v) is 4.88. The van der Waals surface area contributed by atoms with E-state index in [2.05, 4.69) is 40.1 Å².